The van der Waals surface area contributed by atoms with Gasteiger partial charge in [-0.25, -0.2) is 0 Å². The molecule has 0 bridgehead atoms. The lowest BCUT2D eigenvalue weighted by Gasteiger charge is -2.13. The van der Waals surface area contributed by atoms with E-state index in [1.54, 1.807) is 21.3 Å². The zero-order valence-corrected chi connectivity index (χ0v) is 32.7. The van der Waals surface area contributed by atoms with E-state index in [-0.39, 0.29) is 0 Å². The molecule has 49 heavy (non-hydrogen) atoms. The summed E-state index contributed by atoms with van der Waals surface area (Å²) in [6, 6.07) is 6.56. The molecule has 0 aliphatic carbocycles. The molecule has 0 aliphatic rings. The van der Waals surface area contributed by atoms with Crippen molar-refractivity contribution in [2.45, 2.75) is 194 Å². The molecular weight excluding hydrogens is 604 g/mol. The number of hydrogen-bond donors (Lipinski definition) is 0. The molecule has 0 unspecified atom stereocenters. The molecule has 3 aromatic rings. The third kappa shape index (κ3) is 14.1. The Balaban J connectivity index is 1.50. The van der Waals surface area contributed by atoms with Gasteiger partial charge in [-0.1, -0.05) is 174 Å². The second-order valence-corrected chi connectivity index (χ2v) is 14.7. The summed E-state index contributed by atoms with van der Waals surface area (Å²) in [5.74, 6) is 2.47. The number of benzene rings is 2. The van der Waals surface area contributed by atoms with E-state index in [2.05, 4.69) is 32.0 Å². The second kappa shape index (κ2) is 25.6. The van der Waals surface area contributed by atoms with Crippen molar-refractivity contribution in [1.29, 1.82) is 0 Å². The number of methoxy groups -OCH3 is 3. The molecule has 1 heterocycles. The number of aryl methyl sites for hydroxylation is 2. The number of hydrogen-bond acceptors (Lipinski definition) is 4. The Morgan fingerprint density at radius 2 is 0.857 bits per heavy atom. The van der Waals surface area contributed by atoms with Crippen LogP contribution >= 0.6 is 0 Å². The van der Waals surface area contributed by atoms with E-state index in [1.165, 1.54) is 166 Å². The van der Waals surface area contributed by atoms with Crippen molar-refractivity contribution in [2.75, 3.05) is 21.3 Å². The number of fused-ring (bicyclic) bond motifs is 3. The average molecular weight is 679 g/mol. The standard InChI is InChI=1S/C45H74O4/c1-6-8-10-12-14-16-18-20-22-24-26-28-30-32-37-34-35-38-40-36-41(46-3)44(48-5)39(43(40)49-45(38)42(37)47-4)33-31-29-27-25-23-21-19-17-15-13-11-9-7-2/h34-36H,6-33H2,1-5H3. The van der Waals surface area contributed by atoms with Crippen LogP contribution in [0.1, 0.15) is 192 Å². The Morgan fingerprint density at radius 3 is 1.29 bits per heavy atom. The molecule has 3 rings (SSSR count). The number of furan rings is 1. The first-order chi connectivity index (χ1) is 24.2. The topological polar surface area (TPSA) is 40.8 Å². The van der Waals surface area contributed by atoms with Gasteiger partial charge in [0, 0.05) is 16.3 Å². The van der Waals surface area contributed by atoms with Crippen molar-refractivity contribution in [3.63, 3.8) is 0 Å². The van der Waals surface area contributed by atoms with Crippen LogP contribution in [0.15, 0.2) is 22.6 Å². The Kier molecular flexibility index (Phi) is 21.4. The Bertz CT molecular complexity index is 1270. The van der Waals surface area contributed by atoms with Crippen molar-refractivity contribution in [1.82, 2.24) is 0 Å². The Hall–Kier alpha value is -2.36. The molecule has 1 aromatic heterocycles. The maximum Gasteiger partial charge on any atom is 0.177 e. The third-order valence-electron chi connectivity index (χ3n) is 10.7. The van der Waals surface area contributed by atoms with Crippen molar-refractivity contribution < 1.29 is 18.6 Å². The van der Waals surface area contributed by atoms with Crippen molar-refractivity contribution >= 4 is 21.9 Å². The van der Waals surface area contributed by atoms with Gasteiger partial charge in [0.1, 0.15) is 5.58 Å². The van der Waals surface area contributed by atoms with Gasteiger partial charge < -0.3 is 18.6 Å². The molecule has 0 amide bonds. The summed E-state index contributed by atoms with van der Waals surface area (Å²) in [4.78, 5) is 0. The molecule has 0 fully saturated rings. The molecule has 0 radical (unpaired) electrons. The lowest BCUT2D eigenvalue weighted by atomic mass is 9.99. The largest absolute Gasteiger partial charge is 0.493 e. The van der Waals surface area contributed by atoms with Crippen molar-refractivity contribution in [2.24, 2.45) is 0 Å². The fourth-order valence-corrected chi connectivity index (χ4v) is 7.69. The highest BCUT2D eigenvalue weighted by Gasteiger charge is 2.22. The lowest BCUT2D eigenvalue weighted by Crippen LogP contribution is -1.97. The fourth-order valence-electron chi connectivity index (χ4n) is 7.69. The van der Waals surface area contributed by atoms with Crippen LogP contribution in [-0.2, 0) is 12.8 Å². The molecule has 4 heteroatoms. The summed E-state index contributed by atoms with van der Waals surface area (Å²) < 4.78 is 24.5. The van der Waals surface area contributed by atoms with Gasteiger partial charge in [-0.15, -0.1) is 0 Å². The molecular formula is C45H74O4. The van der Waals surface area contributed by atoms with E-state index in [0.717, 1.165) is 64.0 Å². The average Bonchev–Trinajstić information content (AvgIpc) is 3.50. The van der Waals surface area contributed by atoms with Gasteiger partial charge in [0.25, 0.3) is 0 Å². The Morgan fingerprint density at radius 1 is 0.429 bits per heavy atom. The summed E-state index contributed by atoms with van der Waals surface area (Å²) in [5.41, 5.74) is 4.14. The minimum absolute atomic E-state index is 0.775. The highest BCUT2D eigenvalue weighted by atomic mass is 16.5. The van der Waals surface area contributed by atoms with Crippen molar-refractivity contribution in [3.8, 4) is 17.2 Å². The van der Waals surface area contributed by atoms with Crippen LogP contribution in [-0.4, -0.2) is 21.3 Å². The smallest absolute Gasteiger partial charge is 0.177 e. The van der Waals surface area contributed by atoms with Crippen LogP contribution in [0, 0.1) is 0 Å². The summed E-state index contributed by atoms with van der Waals surface area (Å²) in [7, 11) is 5.26. The van der Waals surface area contributed by atoms with Gasteiger partial charge in [0.2, 0.25) is 0 Å². The van der Waals surface area contributed by atoms with Gasteiger partial charge in [0.15, 0.2) is 22.8 Å². The highest BCUT2D eigenvalue weighted by molar-refractivity contribution is 6.09. The molecule has 0 saturated heterocycles. The maximum atomic E-state index is 6.71. The van der Waals surface area contributed by atoms with Gasteiger partial charge in [-0.3, -0.25) is 0 Å². The highest BCUT2D eigenvalue weighted by Crippen LogP contribution is 2.45. The predicted molar refractivity (Wildman–Crippen MR) is 212 cm³/mol. The van der Waals surface area contributed by atoms with Gasteiger partial charge >= 0.3 is 0 Å². The summed E-state index contributed by atoms with van der Waals surface area (Å²) in [5, 5.41) is 2.18. The normalized spacial score (nSPS) is 11.6. The third-order valence-corrected chi connectivity index (χ3v) is 10.7. The van der Waals surface area contributed by atoms with E-state index >= 15 is 0 Å². The minimum atomic E-state index is 0.775. The fraction of sp³-hybridized carbons (Fsp3) is 0.733. The Labute approximate surface area is 301 Å². The molecule has 2 aromatic carbocycles. The summed E-state index contributed by atoms with van der Waals surface area (Å²) in [6.45, 7) is 4.58. The maximum absolute atomic E-state index is 6.71. The van der Waals surface area contributed by atoms with Crippen LogP contribution in [0.5, 0.6) is 17.2 Å². The zero-order valence-electron chi connectivity index (χ0n) is 32.7. The summed E-state index contributed by atoms with van der Waals surface area (Å²) >= 11 is 0. The first-order valence-electron chi connectivity index (χ1n) is 20.9. The van der Waals surface area contributed by atoms with Crippen LogP contribution in [0.3, 0.4) is 0 Å². The first kappa shape index (κ1) is 41.1. The van der Waals surface area contributed by atoms with E-state index < -0.39 is 0 Å². The van der Waals surface area contributed by atoms with Crippen molar-refractivity contribution in [3.05, 3.63) is 29.3 Å². The second-order valence-electron chi connectivity index (χ2n) is 14.7. The van der Waals surface area contributed by atoms with E-state index in [1.807, 2.05) is 0 Å². The molecule has 0 aliphatic heterocycles. The monoisotopic (exact) mass is 679 g/mol. The molecule has 0 saturated carbocycles. The number of rotatable bonds is 31. The van der Waals surface area contributed by atoms with Gasteiger partial charge in [0.05, 0.1) is 21.3 Å². The van der Waals surface area contributed by atoms with E-state index in [4.69, 9.17) is 18.6 Å². The SMILES string of the molecule is CCCCCCCCCCCCCCCc1ccc2c(oc3c(CCCCCCCCCCCCCCC)c(OC)c(OC)cc32)c1OC. The quantitative estimate of drug-likeness (QED) is 0.0635. The van der Waals surface area contributed by atoms with E-state index in [0.29, 0.717) is 0 Å². The molecule has 0 spiro atoms. The number of ether oxygens (including phenoxy) is 3. The van der Waals surface area contributed by atoms with E-state index in [9.17, 15) is 0 Å². The minimum Gasteiger partial charge on any atom is -0.493 e. The molecule has 0 N–H and O–H groups in total. The molecule has 4 nitrogen and oxygen atoms in total. The van der Waals surface area contributed by atoms with Gasteiger partial charge in [-0.2, -0.15) is 0 Å². The molecule has 278 valence electrons. The van der Waals surface area contributed by atoms with Crippen LogP contribution in [0.2, 0.25) is 0 Å². The number of unbranched alkanes of at least 4 members (excludes halogenated alkanes) is 24. The first-order valence-corrected chi connectivity index (χ1v) is 20.9. The molecule has 0 atom stereocenters. The summed E-state index contributed by atoms with van der Waals surface area (Å²) in [6.07, 6.45) is 37.3. The zero-order chi connectivity index (χ0) is 34.9. The van der Waals surface area contributed by atoms with Crippen LogP contribution < -0.4 is 14.2 Å². The lowest BCUT2D eigenvalue weighted by molar-refractivity contribution is 0.351. The van der Waals surface area contributed by atoms with Crippen LogP contribution in [0.4, 0.5) is 0 Å². The van der Waals surface area contributed by atoms with Gasteiger partial charge in [-0.05, 0) is 43.4 Å². The predicted octanol–water partition coefficient (Wildman–Crippen LogP) is 14.9. The van der Waals surface area contributed by atoms with Crippen LogP contribution in [0.25, 0.3) is 21.9 Å².